The van der Waals surface area contributed by atoms with Gasteiger partial charge in [-0.05, 0) is 49.6 Å². The van der Waals surface area contributed by atoms with Crippen LogP contribution in [0.15, 0.2) is 34.7 Å². The van der Waals surface area contributed by atoms with Crippen molar-refractivity contribution in [3.8, 4) is 11.3 Å². The van der Waals surface area contributed by atoms with Crippen molar-refractivity contribution in [2.75, 3.05) is 13.1 Å². The van der Waals surface area contributed by atoms with E-state index in [-0.39, 0.29) is 5.91 Å². The van der Waals surface area contributed by atoms with Crippen LogP contribution in [0.4, 0.5) is 0 Å². The van der Waals surface area contributed by atoms with E-state index in [0.29, 0.717) is 21.6 Å². The third kappa shape index (κ3) is 3.09. The van der Waals surface area contributed by atoms with Gasteiger partial charge in [-0.1, -0.05) is 23.2 Å². The summed E-state index contributed by atoms with van der Waals surface area (Å²) in [6.07, 6.45) is 3.31. The maximum atomic E-state index is 12.4. The first kappa shape index (κ1) is 14.5. The molecule has 1 aromatic carbocycles. The molecule has 1 aliphatic heterocycles. The van der Waals surface area contributed by atoms with E-state index in [1.54, 1.807) is 24.3 Å². The van der Waals surface area contributed by atoms with E-state index in [1.807, 2.05) is 11.0 Å². The van der Waals surface area contributed by atoms with Gasteiger partial charge in [0.25, 0.3) is 5.91 Å². The first-order valence-electron chi connectivity index (χ1n) is 7.00. The number of amides is 1. The maximum absolute atomic E-state index is 12.4. The van der Waals surface area contributed by atoms with Crippen molar-refractivity contribution in [1.29, 1.82) is 0 Å². The number of halogens is 2. The van der Waals surface area contributed by atoms with Crippen molar-refractivity contribution in [2.24, 2.45) is 0 Å². The molecule has 2 aromatic rings. The third-order valence-electron chi connectivity index (χ3n) is 3.66. The number of furan rings is 1. The molecule has 1 saturated heterocycles. The van der Waals surface area contributed by atoms with E-state index in [0.717, 1.165) is 31.5 Å². The maximum Gasteiger partial charge on any atom is 0.289 e. The van der Waals surface area contributed by atoms with Gasteiger partial charge in [-0.25, -0.2) is 0 Å². The molecule has 3 rings (SSSR count). The highest BCUT2D eigenvalue weighted by molar-refractivity contribution is 6.42. The van der Waals surface area contributed by atoms with Gasteiger partial charge in [0, 0.05) is 18.7 Å². The minimum absolute atomic E-state index is 0.0407. The van der Waals surface area contributed by atoms with E-state index >= 15 is 0 Å². The Hall–Kier alpha value is -1.45. The summed E-state index contributed by atoms with van der Waals surface area (Å²) in [6, 6.07) is 8.78. The Morgan fingerprint density at radius 3 is 2.48 bits per heavy atom. The Labute approximate surface area is 133 Å². The molecule has 5 heteroatoms. The Kier molecular flexibility index (Phi) is 4.22. The van der Waals surface area contributed by atoms with E-state index in [2.05, 4.69) is 0 Å². The van der Waals surface area contributed by atoms with E-state index in [1.165, 1.54) is 6.42 Å². The van der Waals surface area contributed by atoms with Crippen LogP contribution in [0.5, 0.6) is 0 Å². The Morgan fingerprint density at radius 2 is 1.76 bits per heavy atom. The summed E-state index contributed by atoms with van der Waals surface area (Å²) in [7, 11) is 0. The zero-order chi connectivity index (χ0) is 14.8. The Balaban J connectivity index is 1.82. The Morgan fingerprint density at radius 1 is 1.00 bits per heavy atom. The lowest BCUT2D eigenvalue weighted by molar-refractivity contribution is 0.0693. The molecule has 0 N–H and O–H groups in total. The lowest BCUT2D eigenvalue weighted by Crippen LogP contribution is -2.35. The molecular formula is C16H15Cl2NO2. The number of carbonyl (C=O) groups excluding carboxylic acids is 1. The van der Waals surface area contributed by atoms with Crippen molar-refractivity contribution in [2.45, 2.75) is 19.3 Å². The van der Waals surface area contributed by atoms with Crippen LogP contribution in [0.1, 0.15) is 29.8 Å². The van der Waals surface area contributed by atoms with Gasteiger partial charge in [-0.15, -0.1) is 0 Å². The summed E-state index contributed by atoms with van der Waals surface area (Å²) in [4.78, 5) is 14.2. The van der Waals surface area contributed by atoms with Crippen molar-refractivity contribution < 1.29 is 9.21 Å². The monoisotopic (exact) mass is 323 g/mol. The van der Waals surface area contributed by atoms with Gasteiger partial charge in [-0.3, -0.25) is 4.79 Å². The summed E-state index contributed by atoms with van der Waals surface area (Å²) in [5.41, 5.74) is 0.807. The average molecular weight is 324 g/mol. The molecule has 0 radical (unpaired) electrons. The van der Waals surface area contributed by atoms with Gasteiger partial charge >= 0.3 is 0 Å². The number of hydrogen-bond acceptors (Lipinski definition) is 2. The summed E-state index contributed by atoms with van der Waals surface area (Å²) in [5.74, 6) is 0.952. The van der Waals surface area contributed by atoms with Gasteiger partial charge in [0.1, 0.15) is 5.76 Å². The van der Waals surface area contributed by atoms with Gasteiger partial charge in [-0.2, -0.15) is 0 Å². The number of hydrogen-bond donors (Lipinski definition) is 0. The van der Waals surface area contributed by atoms with Crippen LogP contribution >= 0.6 is 23.2 Å². The lowest BCUT2D eigenvalue weighted by atomic mass is 10.1. The zero-order valence-corrected chi connectivity index (χ0v) is 13.0. The summed E-state index contributed by atoms with van der Waals surface area (Å²) >= 11 is 11.9. The highest BCUT2D eigenvalue weighted by Crippen LogP contribution is 2.30. The fraction of sp³-hybridized carbons (Fsp3) is 0.312. The number of piperidine rings is 1. The van der Waals surface area contributed by atoms with Crippen molar-refractivity contribution in [3.05, 3.63) is 46.1 Å². The highest BCUT2D eigenvalue weighted by Gasteiger charge is 2.21. The average Bonchev–Trinajstić information content (AvgIpc) is 3.00. The highest BCUT2D eigenvalue weighted by atomic mass is 35.5. The molecule has 21 heavy (non-hydrogen) atoms. The standard InChI is InChI=1S/C16H15Cl2NO2/c17-12-5-4-11(10-13(12)18)14-6-7-15(21-14)16(20)19-8-2-1-3-9-19/h4-7,10H,1-3,8-9H2. The fourth-order valence-electron chi connectivity index (χ4n) is 2.51. The molecule has 3 nitrogen and oxygen atoms in total. The van der Waals surface area contributed by atoms with Crippen LogP contribution in [0.3, 0.4) is 0 Å². The second kappa shape index (κ2) is 6.12. The van der Waals surface area contributed by atoms with Crippen LogP contribution < -0.4 is 0 Å². The van der Waals surface area contributed by atoms with Gasteiger partial charge < -0.3 is 9.32 Å². The quantitative estimate of drug-likeness (QED) is 0.789. The summed E-state index contributed by atoms with van der Waals surface area (Å²) < 4.78 is 5.69. The molecule has 2 heterocycles. The normalized spacial score (nSPS) is 15.2. The Bertz CT molecular complexity index is 660. The molecule has 0 spiro atoms. The van der Waals surface area contributed by atoms with Crippen LogP contribution in [0, 0.1) is 0 Å². The number of benzene rings is 1. The van der Waals surface area contributed by atoms with Crippen LogP contribution in [-0.4, -0.2) is 23.9 Å². The molecular weight excluding hydrogens is 309 g/mol. The van der Waals surface area contributed by atoms with Crippen LogP contribution in [0.25, 0.3) is 11.3 Å². The minimum Gasteiger partial charge on any atom is -0.451 e. The molecule has 1 fully saturated rings. The second-order valence-electron chi connectivity index (χ2n) is 5.15. The number of likely N-dealkylation sites (tertiary alicyclic amines) is 1. The molecule has 0 bridgehead atoms. The molecule has 0 aliphatic carbocycles. The molecule has 0 saturated carbocycles. The molecule has 0 atom stereocenters. The second-order valence-corrected chi connectivity index (χ2v) is 5.96. The van der Waals surface area contributed by atoms with Crippen LogP contribution in [0.2, 0.25) is 10.0 Å². The number of nitrogens with zero attached hydrogens (tertiary/aromatic N) is 1. The minimum atomic E-state index is -0.0407. The first-order valence-corrected chi connectivity index (χ1v) is 7.75. The molecule has 110 valence electrons. The molecule has 1 amide bonds. The summed E-state index contributed by atoms with van der Waals surface area (Å²) in [6.45, 7) is 1.61. The van der Waals surface area contributed by atoms with E-state index < -0.39 is 0 Å². The van der Waals surface area contributed by atoms with Gasteiger partial charge in [0.05, 0.1) is 10.0 Å². The number of carbonyl (C=O) groups is 1. The van der Waals surface area contributed by atoms with E-state index in [4.69, 9.17) is 27.6 Å². The smallest absolute Gasteiger partial charge is 0.289 e. The van der Waals surface area contributed by atoms with Crippen molar-refractivity contribution >= 4 is 29.1 Å². The summed E-state index contributed by atoms with van der Waals surface area (Å²) in [5, 5.41) is 0.964. The van der Waals surface area contributed by atoms with Gasteiger partial charge in [0.2, 0.25) is 0 Å². The van der Waals surface area contributed by atoms with Gasteiger partial charge in [0.15, 0.2) is 5.76 Å². The predicted molar refractivity (Wildman–Crippen MR) is 83.9 cm³/mol. The van der Waals surface area contributed by atoms with Crippen molar-refractivity contribution in [1.82, 2.24) is 4.90 Å². The largest absolute Gasteiger partial charge is 0.451 e. The van der Waals surface area contributed by atoms with Crippen molar-refractivity contribution in [3.63, 3.8) is 0 Å². The first-order chi connectivity index (χ1) is 10.1. The lowest BCUT2D eigenvalue weighted by Gasteiger charge is -2.25. The third-order valence-corrected chi connectivity index (χ3v) is 4.40. The fourth-order valence-corrected chi connectivity index (χ4v) is 2.81. The van der Waals surface area contributed by atoms with E-state index in [9.17, 15) is 4.79 Å². The predicted octanol–water partition coefficient (Wildman–Crippen LogP) is 4.88. The SMILES string of the molecule is O=C(c1ccc(-c2ccc(Cl)c(Cl)c2)o1)N1CCCCC1. The molecule has 1 aliphatic rings. The zero-order valence-electron chi connectivity index (χ0n) is 11.4. The molecule has 0 unspecified atom stereocenters. The number of rotatable bonds is 2. The topological polar surface area (TPSA) is 33.5 Å². The van der Waals surface area contributed by atoms with Crippen LogP contribution in [-0.2, 0) is 0 Å². The molecule has 1 aromatic heterocycles.